The van der Waals surface area contributed by atoms with Crippen molar-refractivity contribution in [3.8, 4) is 0 Å². The van der Waals surface area contributed by atoms with E-state index in [2.05, 4.69) is 15.3 Å². The zero-order chi connectivity index (χ0) is 19.4. The molecule has 6 heteroatoms. The van der Waals surface area contributed by atoms with Crippen molar-refractivity contribution in [1.82, 2.24) is 9.97 Å². The maximum atomic E-state index is 12.6. The van der Waals surface area contributed by atoms with Crippen LogP contribution in [-0.2, 0) is 9.53 Å². The van der Waals surface area contributed by atoms with Crippen molar-refractivity contribution in [2.75, 3.05) is 5.32 Å². The first-order chi connectivity index (χ1) is 13.0. The highest BCUT2D eigenvalue weighted by Gasteiger charge is 2.24. The van der Waals surface area contributed by atoms with E-state index in [-0.39, 0.29) is 5.91 Å². The summed E-state index contributed by atoms with van der Waals surface area (Å²) >= 11 is 0. The molecule has 1 atom stereocenters. The van der Waals surface area contributed by atoms with Gasteiger partial charge in [0.25, 0.3) is 5.91 Å². The number of aryl methyl sites for hydroxylation is 1. The van der Waals surface area contributed by atoms with Crippen molar-refractivity contribution >= 4 is 28.6 Å². The molecule has 0 radical (unpaired) electrons. The Morgan fingerprint density at radius 1 is 1.07 bits per heavy atom. The van der Waals surface area contributed by atoms with Crippen LogP contribution in [0.5, 0.6) is 0 Å². The third-order valence-corrected chi connectivity index (χ3v) is 4.49. The van der Waals surface area contributed by atoms with E-state index in [0.29, 0.717) is 28.7 Å². The van der Waals surface area contributed by atoms with Gasteiger partial charge < -0.3 is 10.1 Å². The molecule has 1 N–H and O–H groups in total. The minimum Gasteiger partial charge on any atom is -0.449 e. The van der Waals surface area contributed by atoms with Crippen LogP contribution in [0.2, 0.25) is 0 Å². The van der Waals surface area contributed by atoms with Crippen molar-refractivity contribution < 1.29 is 14.3 Å². The van der Waals surface area contributed by atoms with Gasteiger partial charge in [-0.2, -0.15) is 0 Å². The van der Waals surface area contributed by atoms with Gasteiger partial charge in [0.05, 0.1) is 11.1 Å². The summed E-state index contributed by atoms with van der Waals surface area (Å²) in [7, 11) is 0. The summed E-state index contributed by atoms with van der Waals surface area (Å²) in [6, 6.07) is 10.8. The Kier molecular flexibility index (Phi) is 5.45. The van der Waals surface area contributed by atoms with Crippen LogP contribution < -0.4 is 5.32 Å². The largest absolute Gasteiger partial charge is 0.449 e. The number of carbonyl (C=O) groups is 2. The van der Waals surface area contributed by atoms with Crippen molar-refractivity contribution in [2.24, 2.45) is 0 Å². The number of anilines is 1. The number of ether oxygens (including phenoxy) is 1. The first-order valence-electron chi connectivity index (χ1n) is 8.79. The highest BCUT2D eigenvalue weighted by atomic mass is 16.5. The molecule has 1 unspecified atom stereocenters. The third-order valence-electron chi connectivity index (χ3n) is 4.49. The van der Waals surface area contributed by atoms with Gasteiger partial charge in [0.1, 0.15) is 5.52 Å². The highest BCUT2D eigenvalue weighted by molar-refractivity contribution is 6.03. The number of hydrogen-bond acceptors (Lipinski definition) is 5. The van der Waals surface area contributed by atoms with E-state index in [1.807, 2.05) is 32.0 Å². The van der Waals surface area contributed by atoms with Gasteiger partial charge in [-0.25, -0.2) is 4.79 Å². The average Bonchev–Trinajstić information content (AvgIpc) is 2.68. The summed E-state index contributed by atoms with van der Waals surface area (Å²) in [6.07, 6.45) is 2.54. The van der Waals surface area contributed by atoms with Crippen LogP contribution in [0.1, 0.15) is 34.8 Å². The Balaban J connectivity index is 1.78. The lowest BCUT2D eigenvalue weighted by atomic mass is 10.1. The number of aromatic nitrogens is 2. The first kappa shape index (κ1) is 18.5. The molecule has 0 aliphatic rings. The summed E-state index contributed by atoms with van der Waals surface area (Å²) in [5, 5.41) is 2.85. The average molecular weight is 363 g/mol. The van der Waals surface area contributed by atoms with E-state index in [4.69, 9.17) is 4.74 Å². The van der Waals surface area contributed by atoms with Crippen LogP contribution >= 0.6 is 0 Å². The van der Waals surface area contributed by atoms with Crippen LogP contribution in [0.25, 0.3) is 11.0 Å². The van der Waals surface area contributed by atoms with E-state index >= 15 is 0 Å². The Morgan fingerprint density at radius 2 is 1.81 bits per heavy atom. The van der Waals surface area contributed by atoms with Crippen LogP contribution in [0.4, 0.5) is 5.69 Å². The van der Waals surface area contributed by atoms with E-state index in [1.54, 1.807) is 31.3 Å². The lowest BCUT2D eigenvalue weighted by molar-refractivity contribution is -0.124. The highest BCUT2D eigenvalue weighted by Crippen LogP contribution is 2.20. The maximum Gasteiger partial charge on any atom is 0.341 e. The predicted molar refractivity (Wildman–Crippen MR) is 104 cm³/mol. The molecule has 27 heavy (non-hydrogen) atoms. The van der Waals surface area contributed by atoms with Gasteiger partial charge in [0, 0.05) is 18.1 Å². The van der Waals surface area contributed by atoms with Gasteiger partial charge >= 0.3 is 5.97 Å². The van der Waals surface area contributed by atoms with E-state index in [0.717, 1.165) is 11.1 Å². The second kappa shape index (κ2) is 7.95. The minimum atomic E-state index is -0.899. The molecule has 1 heterocycles. The van der Waals surface area contributed by atoms with E-state index in [9.17, 15) is 9.59 Å². The quantitative estimate of drug-likeness (QED) is 0.697. The summed E-state index contributed by atoms with van der Waals surface area (Å²) in [5.41, 5.74) is 4.11. The van der Waals surface area contributed by atoms with Crippen molar-refractivity contribution in [2.45, 2.75) is 33.3 Å². The number of benzene rings is 2. The molecule has 0 bridgehead atoms. The van der Waals surface area contributed by atoms with Gasteiger partial charge in [-0.15, -0.1) is 0 Å². The molecule has 138 valence electrons. The second-order valence-electron chi connectivity index (χ2n) is 6.27. The molecule has 3 aromatic rings. The lowest BCUT2D eigenvalue weighted by Gasteiger charge is -2.18. The number of amides is 1. The molecule has 0 saturated heterocycles. The standard InChI is InChI=1S/C21H21N3O3/c1-4-18(20(25)24-16-9-5-7-13(2)14(16)3)27-21(26)15-8-6-10-17-19(15)23-12-11-22-17/h5-12,18H,4H2,1-3H3,(H,24,25). The topological polar surface area (TPSA) is 81.2 Å². The van der Waals surface area contributed by atoms with Crippen LogP contribution in [0, 0.1) is 13.8 Å². The van der Waals surface area contributed by atoms with Crippen molar-refractivity contribution in [1.29, 1.82) is 0 Å². The van der Waals surface area contributed by atoms with Crippen LogP contribution in [-0.4, -0.2) is 27.9 Å². The molecule has 1 amide bonds. The van der Waals surface area contributed by atoms with Gasteiger partial charge in [-0.05, 0) is 49.6 Å². The Labute approximate surface area is 157 Å². The number of esters is 1. The predicted octanol–water partition coefficient (Wildman–Crippen LogP) is 3.82. The Bertz CT molecular complexity index is 996. The number of nitrogens with zero attached hydrogens (tertiary/aromatic N) is 2. The number of para-hydroxylation sites is 1. The fraction of sp³-hybridized carbons (Fsp3) is 0.238. The molecule has 3 rings (SSSR count). The van der Waals surface area contributed by atoms with Crippen molar-refractivity contribution in [3.05, 3.63) is 65.5 Å². The van der Waals surface area contributed by atoms with Gasteiger partial charge in [0.2, 0.25) is 0 Å². The normalized spacial score (nSPS) is 11.8. The summed E-state index contributed by atoms with van der Waals surface area (Å²) in [6.45, 7) is 5.71. The molecular formula is C21H21N3O3. The number of nitrogens with one attached hydrogen (secondary N) is 1. The molecule has 0 aliphatic carbocycles. The molecule has 1 aromatic heterocycles. The fourth-order valence-corrected chi connectivity index (χ4v) is 2.77. The third kappa shape index (κ3) is 3.95. The van der Waals surface area contributed by atoms with Gasteiger partial charge in [-0.1, -0.05) is 25.1 Å². The molecule has 0 fully saturated rings. The molecule has 0 saturated carbocycles. The zero-order valence-corrected chi connectivity index (χ0v) is 15.5. The maximum absolute atomic E-state index is 12.6. The van der Waals surface area contributed by atoms with Crippen molar-refractivity contribution in [3.63, 3.8) is 0 Å². The van der Waals surface area contributed by atoms with Crippen LogP contribution in [0.15, 0.2) is 48.8 Å². The molecule has 0 spiro atoms. The first-order valence-corrected chi connectivity index (χ1v) is 8.79. The zero-order valence-electron chi connectivity index (χ0n) is 15.5. The smallest absolute Gasteiger partial charge is 0.341 e. The Morgan fingerprint density at radius 3 is 2.59 bits per heavy atom. The van der Waals surface area contributed by atoms with Crippen LogP contribution in [0.3, 0.4) is 0 Å². The fourth-order valence-electron chi connectivity index (χ4n) is 2.77. The van der Waals surface area contributed by atoms with E-state index in [1.165, 1.54) is 6.20 Å². The SMILES string of the molecule is CCC(OC(=O)c1cccc2nccnc12)C(=O)Nc1cccc(C)c1C. The lowest BCUT2D eigenvalue weighted by Crippen LogP contribution is -2.32. The number of hydrogen-bond donors (Lipinski definition) is 1. The second-order valence-corrected chi connectivity index (χ2v) is 6.27. The monoisotopic (exact) mass is 363 g/mol. The van der Waals surface area contributed by atoms with E-state index < -0.39 is 12.1 Å². The molecule has 0 aliphatic heterocycles. The van der Waals surface area contributed by atoms with Gasteiger partial charge in [0.15, 0.2) is 6.10 Å². The summed E-state index contributed by atoms with van der Waals surface area (Å²) in [5.74, 6) is -0.949. The minimum absolute atomic E-state index is 0.290. The number of carbonyl (C=O) groups excluding carboxylic acids is 2. The molecular weight excluding hydrogens is 342 g/mol. The van der Waals surface area contributed by atoms with Gasteiger partial charge in [-0.3, -0.25) is 14.8 Å². The Hall–Kier alpha value is -3.28. The molecule has 6 nitrogen and oxygen atoms in total. The number of rotatable bonds is 5. The summed E-state index contributed by atoms with van der Waals surface area (Å²) < 4.78 is 5.48. The summed E-state index contributed by atoms with van der Waals surface area (Å²) in [4.78, 5) is 33.6. The number of fused-ring (bicyclic) bond motifs is 1. The molecule has 2 aromatic carbocycles.